The van der Waals surface area contributed by atoms with Gasteiger partial charge >= 0.3 is 0 Å². The largest absolute Gasteiger partial charge is 0.395 e. The smallest absolute Gasteiger partial charge is 0.274 e. The summed E-state index contributed by atoms with van der Waals surface area (Å²) in [5, 5.41) is 4.27. The Kier molecular flexibility index (Phi) is 4.53. The van der Waals surface area contributed by atoms with E-state index in [0.717, 1.165) is 5.57 Å². The fourth-order valence-corrected chi connectivity index (χ4v) is 1.85. The third-order valence-electron chi connectivity index (χ3n) is 2.81. The maximum Gasteiger partial charge on any atom is 0.274 e. The van der Waals surface area contributed by atoms with Crippen molar-refractivity contribution in [2.45, 2.75) is 34.2 Å². The van der Waals surface area contributed by atoms with Gasteiger partial charge in [0.1, 0.15) is 5.69 Å². The molecule has 0 spiro atoms. The van der Waals surface area contributed by atoms with Gasteiger partial charge in [0.25, 0.3) is 5.91 Å². The average molecular weight is 250 g/mol. The minimum absolute atomic E-state index is 0.0829. The molecule has 0 aromatic carbocycles. The third-order valence-corrected chi connectivity index (χ3v) is 2.81. The molecule has 100 valence electrons. The van der Waals surface area contributed by atoms with Crippen molar-refractivity contribution in [3.05, 3.63) is 23.5 Å². The van der Waals surface area contributed by atoms with Crippen molar-refractivity contribution in [2.75, 3.05) is 18.8 Å². The molecule has 1 heterocycles. The average Bonchev–Trinajstić information content (AvgIpc) is 2.61. The molecule has 0 aliphatic heterocycles. The molecule has 18 heavy (non-hydrogen) atoms. The molecule has 0 aliphatic rings. The van der Waals surface area contributed by atoms with E-state index in [2.05, 4.69) is 11.7 Å². The van der Waals surface area contributed by atoms with E-state index in [9.17, 15) is 4.79 Å². The molecule has 5 heteroatoms. The number of nitrogen functional groups attached to an aromatic ring is 1. The second-order valence-electron chi connectivity index (χ2n) is 4.44. The summed E-state index contributed by atoms with van der Waals surface area (Å²) in [6.07, 6.45) is 0. The molecule has 0 atom stereocenters. The first-order valence-electron chi connectivity index (χ1n) is 6.18. The van der Waals surface area contributed by atoms with Crippen LogP contribution in [0.25, 0.3) is 0 Å². The number of nitrogens with zero attached hydrogens (tertiary/aromatic N) is 3. The maximum atomic E-state index is 12.5. The first-order valence-corrected chi connectivity index (χ1v) is 6.18. The van der Waals surface area contributed by atoms with Gasteiger partial charge in [-0.1, -0.05) is 12.2 Å². The molecule has 0 aliphatic carbocycles. The summed E-state index contributed by atoms with van der Waals surface area (Å²) in [4.78, 5) is 14.2. The number of anilines is 1. The van der Waals surface area contributed by atoms with Crippen LogP contribution in [-0.4, -0.2) is 33.7 Å². The number of hydrogen-bond acceptors (Lipinski definition) is 3. The summed E-state index contributed by atoms with van der Waals surface area (Å²) in [7, 11) is 0. The van der Waals surface area contributed by atoms with Crippen LogP contribution in [0.1, 0.15) is 37.0 Å². The lowest BCUT2D eigenvalue weighted by molar-refractivity contribution is 0.0767. The van der Waals surface area contributed by atoms with E-state index < -0.39 is 0 Å². The fraction of sp³-hybridized carbons (Fsp3) is 0.538. The summed E-state index contributed by atoms with van der Waals surface area (Å²) in [6.45, 7) is 13.2. The molecule has 0 saturated carbocycles. The number of carbonyl (C=O) groups excluding carboxylic acids is 1. The zero-order valence-electron chi connectivity index (χ0n) is 11.7. The van der Waals surface area contributed by atoms with Crippen molar-refractivity contribution in [1.29, 1.82) is 0 Å². The van der Waals surface area contributed by atoms with Crippen LogP contribution in [-0.2, 0) is 6.54 Å². The van der Waals surface area contributed by atoms with E-state index >= 15 is 0 Å². The van der Waals surface area contributed by atoms with E-state index in [4.69, 9.17) is 5.73 Å². The van der Waals surface area contributed by atoms with Gasteiger partial charge in [-0.15, -0.1) is 0 Å². The summed E-state index contributed by atoms with van der Waals surface area (Å²) in [5.41, 5.74) is 8.56. The van der Waals surface area contributed by atoms with Crippen molar-refractivity contribution < 1.29 is 4.79 Å². The number of rotatable bonds is 5. The number of amides is 1. The molecule has 2 N–H and O–H groups in total. The van der Waals surface area contributed by atoms with Gasteiger partial charge in [0, 0.05) is 19.6 Å². The van der Waals surface area contributed by atoms with Gasteiger partial charge in [-0.25, -0.2) is 0 Å². The van der Waals surface area contributed by atoms with Gasteiger partial charge in [0.05, 0.1) is 11.4 Å². The van der Waals surface area contributed by atoms with Crippen molar-refractivity contribution in [3.63, 3.8) is 0 Å². The zero-order valence-corrected chi connectivity index (χ0v) is 11.7. The normalized spacial score (nSPS) is 10.4. The number of nitrogens with two attached hydrogens (primary N) is 1. The van der Waals surface area contributed by atoms with Crippen molar-refractivity contribution in [3.8, 4) is 0 Å². The molecule has 0 fully saturated rings. The van der Waals surface area contributed by atoms with E-state index in [1.807, 2.05) is 27.7 Å². The van der Waals surface area contributed by atoms with Crippen molar-refractivity contribution in [1.82, 2.24) is 14.7 Å². The highest BCUT2D eigenvalue weighted by molar-refractivity contribution is 5.98. The van der Waals surface area contributed by atoms with Crippen molar-refractivity contribution >= 4 is 11.6 Å². The van der Waals surface area contributed by atoms with Gasteiger partial charge in [-0.05, 0) is 27.7 Å². The van der Waals surface area contributed by atoms with Crippen LogP contribution >= 0.6 is 0 Å². The van der Waals surface area contributed by atoms with Crippen molar-refractivity contribution in [2.24, 2.45) is 0 Å². The van der Waals surface area contributed by atoms with Gasteiger partial charge in [0.15, 0.2) is 0 Å². The van der Waals surface area contributed by atoms with E-state index in [1.165, 1.54) is 0 Å². The van der Waals surface area contributed by atoms with E-state index in [-0.39, 0.29) is 5.91 Å². The Morgan fingerprint density at radius 1 is 1.50 bits per heavy atom. The SMILES string of the molecule is C=C(C)CN(CC)C(=O)c1c(N)c(C)nn1CC. The lowest BCUT2D eigenvalue weighted by Gasteiger charge is -2.21. The minimum atomic E-state index is -0.0829. The van der Waals surface area contributed by atoms with Crippen LogP contribution in [0.5, 0.6) is 0 Å². The molecule has 1 aromatic rings. The minimum Gasteiger partial charge on any atom is -0.395 e. The van der Waals surface area contributed by atoms with Gasteiger partial charge in [-0.2, -0.15) is 5.10 Å². The topological polar surface area (TPSA) is 64.2 Å². The predicted molar refractivity (Wildman–Crippen MR) is 73.4 cm³/mol. The second kappa shape index (κ2) is 5.71. The third kappa shape index (κ3) is 2.72. The number of carbonyl (C=O) groups is 1. The highest BCUT2D eigenvalue weighted by Gasteiger charge is 2.23. The monoisotopic (exact) mass is 250 g/mol. The molecular weight excluding hydrogens is 228 g/mol. The number of aromatic nitrogens is 2. The summed E-state index contributed by atoms with van der Waals surface area (Å²) in [5.74, 6) is -0.0829. The number of likely N-dealkylation sites (N-methyl/N-ethyl adjacent to an activating group) is 1. The zero-order chi connectivity index (χ0) is 13.9. The fourth-order valence-electron chi connectivity index (χ4n) is 1.85. The highest BCUT2D eigenvalue weighted by atomic mass is 16.2. The molecular formula is C13H22N4O. The molecule has 1 rings (SSSR count). The van der Waals surface area contributed by atoms with Crippen LogP contribution in [0.3, 0.4) is 0 Å². The first-order chi connectivity index (χ1) is 8.42. The maximum absolute atomic E-state index is 12.5. The van der Waals surface area contributed by atoms with Gasteiger partial charge in [-0.3, -0.25) is 9.48 Å². The van der Waals surface area contributed by atoms with Gasteiger partial charge < -0.3 is 10.6 Å². The molecule has 0 radical (unpaired) electrons. The summed E-state index contributed by atoms with van der Waals surface area (Å²) >= 11 is 0. The molecule has 1 aromatic heterocycles. The summed E-state index contributed by atoms with van der Waals surface area (Å²) < 4.78 is 1.66. The molecule has 0 unspecified atom stereocenters. The summed E-state index contributed by atoms with van der Waals surface area (Å²) in [6, 6.07) is 0. The Morgan fingerprint density at radius 2 is 2.11 bits per heavy atom. The molecule has 5 nitrogen and oxygen atoms in total. The Hall–Kier alpha value is -1.78. The Morgan fingerprint density at radius 3 is 2.56 bits per heavy atom. The molecule has 0 bridgehead atoms. The van der Waals surface area contributed by atoms with Gasteiger partial charge in [0.2, 0.25) is 0 Å². The Balaban J connectivity index is 3.12. The Bertz CT molecular complexity index is 462. The number of aryl methyl sites for hydroxylation is 2. The number of hydrogen-bond donors (Lipinski definition) is 1. The van der Waals surface area contributed by atoms with Crippen LogP contribution in [0, 0.1) is 6.92 Å². The quantitative estimate of drug-likeness (QED) is 0.811. The van der Waals surface area contributed by atoms with Crippen LogP contribution in [0.2, 0.25) is 0 Å². The van der Waals surface area contributed by atoms with Crippen LogP contribution < -0.4 is 5.73 Å². The Labute approximate surface area is 108 Å². The van der Waals surface area contributed by atoms with E-state index in [1.54, 1.807) is 9.58 Å². The lowest BCUT2D eigenvalue weighted by Crippen LogP contribution is -2.34. The second-order valence-corrected chi connectivity index (χ2v) is 4.44. The molecule has 1 amide bonds. The van der Waals surface area contributed by atoms with E-state index in [0.29, 0.717) is 36.7 Å². The molecule has 0 saturated heterocycles. The highest BCUT2D eigenvalue weighted by Crippen LogP contribution is 2.18. The van der Waals surface area contributed by atoms with Crippen LogP contribution in [0.15, 0.2) is 12.2 Å². The standard InChI is InChI=1S/C13H22N4O/c1-6-16(8-9(3)4)13(18)12-11(14)10(5)15-17(12)7-2/h3,6-8,14H2,1-2,4-5H3. The van der Waals surface area contributed by atoms with Crippen LogP contribution in [0.4, 0.5) is 5.69 Å². The predicted octanol–water partition coefficient (Wildman–Crippen LogP) is 1.83. The lowest BCUT2D eigenvalue weighted by atomic mass is 10.2. The first kappa shape index (κ1) is 14.3.